The lowest BCUT2D eigenvalue weighted by Crippen LogP contribution is -2.00. The van der Waals surface area contributed by atoms with Gasteiger partial charge in [0.1, 0.15) is 11.2 Å². The minimum Gasteiger partial charge on any atom is -0.455 e. The highest BCUT2D eigenvalue weighted by molar-refractivity contribution is 6.15. The Morgan fingerprint density at radius 3 is 1.53 bits per heavy atom. The summed E-state index contributed by atoms with van der Waals surface area (Å²) in [6, 6.07) is 58.3. The van der Waals surface area contributed by atoms with Crippen molar-refractivity contribution in [1.29, 1.82) is 10.5 Å². The zero-order valence-electron chi connectivity index (χ0n) is 28.2. The van der Waals surface area contributed by atoms with Gasteiger partial charge >= 0.3 is 0 Å². The van der Waals surface area contributed by atoms with Crippen molar-refractivity contribution in [2.45, 2.75) is 0 Å². The topological polar surface area (TPSA) is 99.4 Å². The molecule has 9 aromatic rings. The zero-order valence-corrected chi connectivity index (χ0v) is 28.2. The summed E-state index contributed by atoms with van der Waals surface area (Å²) in [7, 11) is 0. The van der Waals surface area contributed by atoms with Gasteiger partial charge in [-0.25, -0.2) is 15.0 Å². The van der Waals surface area contributed by atoms with Gasteiger partial charge in [0.15, 0.2) is 17.5 Å². The second-order valence-electron chi connectivity index (χ2n) is 12.7. The van der Waals surface area contributed by atoms with Gasteiger partial charge in [-0.15, -0.1) is 0 Å². The molecule has 0 radical (unpaired) electrons. The molecule has 6 nitrogen and oxygen atoms in total. The molecule has 246 valence electrons. The summed E-state index contributed by atoms with van der Waals surface area (Å²) >= 11 is 0. The molecule has 0 aliphatic rings. The van der Waals surface area contributed by atoms with Gasteiger partial charge < -0.3 is 4.42 Å². The fraction of sp³-hybridized carbons (Fsp3) is 0. The maximum atomic E-state index is 9.47. The smallest absolute Gasteiger partial charge is 0.164 e. The highest BCUT2D eigenvalue weighted by Gasteiger charge is 2.19. The lowest BCUT2D eigenvalue weighted by Gasteiger charge is -2.10. The Kier molecular flexibility index (Phi) is 7.82. The molecule has 0 atom stereocenters. The Morgan fingerprint density at radius 2 is 0.887 bits per heavy atom. The van der Waals surface area contributed by atoms with Gasteiger partial charge in [0, 0.05) is 33.0 Å². The number of para-hydroxylation sites is 1. The molecule has 53 heavy (non-hydrogen) atoms. The third-order valence-electron chi connectivity index (χ3n) is 9.40. The molecule has 2 heterocycles. The normalized spacial score (nSPS) is 11.0. The van der Waals surface area contributed by atoms with E-state index in [0.29, 0.717) is 28.6 Å². The van der Waals surface area contributed by atoms with Gasteiger partial charge in [-0.05, 0) is 52.1 Å². The molecule has 0 saturated carbocycles. The summed E-state index contributed by atoms with van der Waals surface area (Å²) in [6.07, 6.45) is 0. The molecule has 6 heteroatoms. The van der Waals surface area contributed by atoms with Crippen LogP contribution in [-0.2, 0) is 0 Å². The third-order valence-corrected chi connectivity index (χ3v) is 9.40. The third kappa shape index (κ3) is 5.87. The predicted octanol–water partition coefficient (Wildman–Crippen LogP) is 11.5. The van der Waals surface area contributed by atoms with E-state index in [1.807, 2.05) is 97.1 Å². The highest BCUT2D eigenvalue weighted by atomic mass is 16.3. The molecule has 0 aliphatic carbocycles. The number of furan rings is 1. The number of rotatable bonds is 6. The van der Waals surface area contributed by atoms with E-state index in [0.717, 1.165) is 72.0 Å². The summed E-state index contributed by atoms with van der Waals surface area (Å²) in [5.74, 6) is 1.73. The van der Waals surface area contributed by atoms with Crippen molar-refractivity contribution >= 4 is 21.9 Å². The van der Waals surface area contributed by atoms with E-state index in [4.69, 9.17) is 19.4 Å². The first-order valence-corrected chi connectivity index (χ1v) is 17.1. The second-order valence-corrected chi connectivity index (χ2v) is 12.7. The molecule has 9 rings (SSSR count). The monoisotopic (exact) mass is 677 g/mol. The van der Waals surface area contributed by atoms with Crippen LogP contribution in [0.15, 0.2) is 168 Å². The van der Waals surface area contributed by atoms with Crippen molar-refractivity contribution in [3.8, 4) is 79.7 Å². The van der Waals surface area contributed by atoms with Gasteiger partial charge in [0.2, 0.25) is 0 Å². The van der Waals surface area contributed by atoms with Crippen LogP contribution in [0.4, 0.5) is 0 Å². The van der Waals surface area contributed by atoms with Crippen LogP contribution in [-0.4, -0.2) is 15.0 Å². The second kappa shape index (κ2) is 13.2. The van der Waals surface area contributed by atoms with E-state index in [1.165, 1.54) is 0 Å². The highest BCUT2D eigenvalue weighted by Crippen LogP contribution is 2.41. The van der Waals surface area contributed by atoms with E-state index in [9.17, 15) is 10.5 Å². The van der Waals surface area contributed by atoms with Crippen molar-refractivity contribution in [2.24, 2.45) is 0 Å². The maximum Gasteiger partial charge on any atom is 0.164 e. The molecule has 0 unspecified atom stereocenters. The summed E-state index contributed by atoms with van der Waals surface area (Å²) in [6.45, 7) is 0. The van der Waals surface area contributed by atoms with Crippen LogP contribution in [0.25, 0.3) is 89.5 Å². The molecule has 0 bridgehead atoms. The largest absolute Gasteiger partial charge is 0.455 e. The summed E-state index contributed by atoms with van der Waals surface area (Å²) in [4.78, 5) is 15.1. The average Bonchev–Trinajstić information content (AvgIpc) is 3.63. The summed E-state index contributed by atoms with van der Waals surface area (Å²) in [5, 5.41) is 20.8. The summed E-state index contributed by atoms with van der Waals surface area (Å²) in [5.41, 5.74) is 11.0. The van der Waals surface area contributed by atoms with Crippen LogP contribution in [0.5, 0.6) is 0 Å². The van der Waals surface area contributed by atoms with Crippen LogP contribution in [0.1, 0.15) is 11.1 Å². The van der Waals surface area contributed by atoms with Crippen LogP contribution >= 0.6 is 0 Å². The number of nitrogens with zero attached hydrogens (tertiary/aromatic N) is 5. The lowest BCUT2D eigenvalue weighted by atomic mass is 9.96. The fourth-order valence-electron chi connectivity index (χ4n) is 6.81. The quantitative estimate of drug-likeness (QED) is 0.174. The van der Waals surface area contributed by atoms with E-state index in [1.54, 1.807) is 18.2 Å². The fourth-order valence-corrected chi connectivity index (χ4v) is 6.81. The van der Waals surface area contributed by atoms with Gasteiger partial charge in [-0.1, -0.05) is 140 Å². The van der Waals surface area contributed by atoms with E-state index in [2.05, 4.69) is 60.7 Å². The van der Waals surface area contributed by atoms with Crippen molar-refractivity contribution in [2.75, 3.05) is 0 Å². The first-order valence-electron chi connectivity index (χ1n) is 17.1. The Balaban J connectivity index is 1.16. The van der Waals surface area contributed by atoms with Gasteiger partial charge in [0.25, 0.3) is 0 Å². The minimum absolute atomic E-state index is 0.452. The minimum atomic E-state index is 0.452. The van der Waals surface area contributed by atoms with Crippen molar-refractivity contribution < 1.29 is 4.42 Å². The van der Waals surface area contributed by atoms with Crippen LogP contribution in [0, 0.1) is 22.7 Å². The SMILES string of the molecule is N#Cc1cc(C#N)cc(-c2ccc(-c3cccc4c3oc3cccc(-c5nc(-c6ccccc6)nc(-c6ccc(-c7ccccc7)cc6)n5)c34)cc2)c1. The van der Waals surface area contributed by atoms with E-state index < -0.39 is 0 Å². The maximum absolute atomic E-state index is 9.47. The number of hydrogen-bond donors (Lipinski definition) is 0. The zero-order chi connectivity index (χ0) is 35.7. The van der Waals surface area contributed by atoms with E-state index >= 15 is 0 Å². The Bertz CT molecular complexity index is 2850. The first-order chi connectivity index (χ1) is 26.1. The number of aromatic nitrogens is 3. The molecule has 0 spiro atoms. The van der Waals surface area contributed by atoms with Gasteiger partial charge in [-0.3, -0.25) is 0 Å². The molecule has 2 aromatic heterocycles. The number of nitriles is 2. The average molecular weight is 678 g/mol. The lowest BCUT2D eigenvalue weighted by molar-refractivity contribution is 0.670. The Labute approximate surface area is 305 Å². The number of benzene rings is 7. The summed E-state index contributed by atoms with van der Waals surface area (Å²) < 4.78 is 6.62. The van der Waals surface area contributed by atoms with Crippen LogP contribution in [0.2, 0.25) is 0 Å². The number of hydrogen-bond acceptors (Lipinski definition) is 6. The van der Waals surface area contributed by atoms with Crippen LogP contribution in [0.3, 0.4) is 0 Å². The Morgan fingerprint density at radius 1 is 0.396 bits per heavy atom. The molecule has 0 saturated heterocycles. The van der Waals surface area contributed by atoms with Crippen molar-refractivity contribution in [3.63, 3.8) is 0 Å². The predicted molar refractivity (Wildman–Crippen MR) is 209 cm³/mol. The molecule has 7 aromatic carbocycles. The van der Waals surface area contributed by atoms with Crippen molar-refractivity contribution in [3.05, 3.63) is 175 Å². The molecule has 0 amide bonds. The van der Waals surface area contributed by atoms with Gasteiger partial charge in [-0.2, -0.15) is 10.5 Å². The van der Waals surface area contributed by atoms with E-state index in [-0.39, 0.29) is 0 Å². The van der Waals surface area contributed by atoms with Gasteiger partial charge in [0.05, 0.1) is 23.3 Å². The molecule has 0 N–H and O–H groups in total. The molecular weight excluding hydrogens is 651 g/mol. The Hall–Kier alpha value is -7.67. The molecule has 0 fully saturated rings. The number of fused-ring (bicyclic) bond motifs is 3. The van der Waals surface area contributed by atoms with Crippen LogP contribution < -0.4 is 0 Å². The standard InChI is InChI=1S/C47H27N5O/c48-28-30-25-31(29-49)27-38(26-30)34-17-21-35(22-18-34)39-13-7-14-40-43-41(15-8-16-42(43)53-44(39)40)47-51-45(36-11-5-2-6-12-36)50-46(52-47)37-23-19-33(20-24-37)32-9-3-1-4-10-32/h1-27H. The first kappa shape index (κ1) is 31.3. The molecule has 0 aliphatic heterocycles. The molecular formula is C47H27N5O. The van der Waals surface area contributed by atoms with Crippen molar-refractivity contribution in [1.82, 2.24) is 15.0 Å².